The van der Waals surface area contributed by atoms with Gasteiger partial charge in [-0.25, -0.2) is 4.39 Å². The van der Waals surface area contributed by atoms with Gasteiger partial charge in [0, 0.05) is 61.0 Å². The van der Waals surface area contributed by atoms with E-state index in [9.17, 15) is 18.8 Å². The molecule has 6 rings (SSSR count). The van der Waals surface area contributed by atoms with Gasteiger partial charge in [-0.1, -0.05) is 6.07 Å². The maximum Gasteiger partial charge on any atom is 0.254 e. The van der Waals surface area contributed by atoms with Gasteiger partial charge in [0.15, 0.2) is 0 Å². The fraction of sp³-hybridized carbons (Fsp3) is 0.531. The summed E-state index contributed by atoms with van der Waals surface area (Å²) < 4.78 is 20.8. The number of hydrogen-bond donors (Lipinski definition) is 2. The minimum atomic E-state index is -0.623. The molecular formula is C32H40FN5O4. The monoisotopic (exact) mass is 577 g/mol. The molecule has 224 valence electrons. The first-order valence-electron chi connectivity index (χ1n) is 15.1. The summed E-state index contributed by atoms with van der Waals surface area (Å²) in [5, 5.41) is 2.31. The Labute approximate surface area is 246 Å². The number of nitrogen functional groups attached to an aromatic ring is 1. The number of nitrogens with zero attached hydrogens (tertiary/aromatic N) is 3. The number of fused-ring (bicyclic) bond motifs is 1. The van der Waals surface area contributed by atoms with Crippen LogP contribution in [0.5, 0.6) is 5.75 Å². The number of amides is 3. The number of rotatable bonds is 7. The number of piperidine rings is 1. The van der Waals surface area contributed by atoms with Crippen LogP contribution in [0.15, 0.2) is 30.3 Å². The molecule has 3 heterocycles. The molecule has 3 amide bonds. The van der Waals surface area contributed by atoms with Crippen molar-refractivity contribution in [3.05, 3.63) is 52.8 Å². The van der Waals surface area contributed by atoms with E-state index >= 15 is 0 Å². The van der Waals surface area contributed by atoms with Gasteiger partial charge in [-0.2, -0.15) is 0 Å². The smallest absolute Gasteiger partial charge is 0.254 e. The third-order valence-electron chi connectivity index (χ3n) is 9.52. The number of hydrogen-bond acceptors (Lipinski definition) is 7. The van der Waals surface area contributed by atoms with Crippen molar-refractivity contribution in [2.45, 2.75) is 89.1 Å². The van der Waals surface area contributed by atoms with E-state index in [2.05, 4.69) is 22.2 Å². The van der Waals surface area contributed by atoms with Crippen molar-refractivity contribution < 1.29 is 23.5 Å². The van der Waals surface area contributed by atoms with E-state index in [0.29, 0.717) is 47.6 Å². The molecule has 1 unspecified atom stereocenters. The van der Waals surface area contributed by atoms with Crippen molar-refractivity contribution in [2.75, 3.05) is 30.8 Å². The van der Waals surface area contributed by atoms with Gasteiger partial charge in [-0.3, -0.25) is 24.6 Å². The number of carbonyl (C=O) groups is 3. The summed E-state index contributed by atoms with van der Waals surface area (Å²) in [6.07, 6.45) is 4.52. The number of nitrogens with one attached hydrogen (secondary N) is 1. The molecule has 1 aliphatic carbocycles. The SMILES string of the molecule is CC(C)Oc1cc2c(cc1N)CN([C@H]1CC[C@H](N(C)C3CN(c4ccc(C5CCC(=O)NC5=O)c(F)c4)C3)CC1)C2=O. The lowest BCUT2D eigenvalue weighted by atomic mass is 9.88. The van der Waals surface area contributed by atoms with Gasteiger partial charge in [0.25, 0.3) is 5.91 Å². The largest absolute Gasteiger partial charge is 0.489 e. The van der Waals surface area contributed by atoms with Gasteiger partial charge >= 0.3 is 0 Å². The van der Waals surface area contributed by atoms with Gasteiger partial charge in [-0.15, -0.1) is 0 Å². The summed E-state index contributed by atoms with van der Waals surface area (Å²) in [6.45, 7) is 6.12. The summed E-state index contributed by atoms with van der Waals surface area (Å²) in [6, 6.07) is 9.81. The van der Waals surface area contributed by atoms with Crippen LogP contribution in [0, 0.1) is 5.82 Å². The molecule has 0 radical (unpaired) electrons. The lowest BCUT2D eigenvalue weighted by molar-refractivity contribution is -0.134. The van der Waals surface area contributed by atoms with Gasteiger partial charge in [0.1, 0.15) is 11.6 Å². The third kappa shape index (κ3) is 5.32. The van der Waals surface area contributed by atoms with Crippen molar-refractivity contribution in [1.29, 1.82) is 0 Å². The van der Waals surface area contributed by atoms with E-state index in [1.54, 1.807) is 6.07 Å². The average Bonchev–Trinajstić information content (AvgIpc) is 3.23. The van der Waals surface area contributed by atoms with Crippen LogP contribution in [0.3, 0.4) is 0 Å². The highest BCUT2D eigenvalue weighted by Gasteiger charge is 2.39. The van der Waals surface area contributed by atoms with E-state index in [1.165, 1.54) is 6.07 Å². The number of anilines is 2. The molecule has 0 aromatic heterocycles. The average molecular weight is 578 g/mol. The van der Waals surface area contributed by atoms with Crippen molar-refractivity contribution in [3.8, 4) is 5.75 Å². The quantitative estimate of drug-likeness (QED) is 0.381. The van der Waals surface area contributed by atoms with Crippen molar-refractivity contribution in [1.82, 2.24) is 15.1 Å². The number of halogens is 1. The minimum absolute atomic E-state index is 0.0142. The highest BCUT2D eigenvalue weighted by atomic mass is 19.1. The molecule has 0 spiro atoms. The second-order valence-electron chi connectivity index (χ2n) is 12.5. The number of carbonyl (C=O) groups excluding carboxylic acids is 3. The minimum Gasteiger partial charge on any atom is -0.489 e. The Morgan fingerprint density at radius 1 is 1.02 bits per heavy atom. The Kier molecular flexibility index (Phi) is 7.59. The predicted molar refractivity (Wildman–Crippen MR) is 158 cm³/mol. The standard InChI is InChI=1S/C32H40FN5O4/c1-18(2)42-29-14-26-19(12-28(29)34)15-38(32(26)41)21-6-4-20(5-7-21)36(3)23-16-37(17-23)22-8-9-24(27(33)13-22)25-10-11-30(39)35-31(25)40/h8-9,12-14,18,20-21,23,25H,4-7,10-11,15-17,34H2,1-3H3,(H,35,39,40)/t20-,21-,25?. The molecule has 9 nitrogen and oxygen atoms in total. The van der Waals surface area contributed by atoms with E-state index in [4.69, 9.17) is 10.5 Å². The van der Waals surface area contributed by atoms with E-state index < -0.39 is 17.6 Å². The van der Waals surface area contributed by atoms with Gasteiger partial charge < -0.3 is 20.3 Å². The van der Waals surface area contributed by atoms with Crippen LogP contribution in [0.2, 0.25) is 0 Å². The number of ether oxygens (including phenoxy) is 1. The highest BCUT2D eigenvalue weighted by Crippen LogP contribution is 2.38. The topological polar surface area (TPSA) is 108 Å². The normalized spacial score (nSPS) is 24.7. The van der Waals surface area contributed by atoms with Crippen LogP contribution in [0.1, 0.15) is 79.8 Å². The molecule has 2 aromatic rings. The first kappa shape index (κ1) is 28.5. The predicted octanol–water partition coefficient (Wildman–Crippen LogP) is 3.80. The third-order valence-corrected chi connectivity index (χ3v) is 9.52. The Morgan fingerprint density at radius 2 is 1.76 bits per heavy atom. The maximum absolute atomic E-state index is 15.0. The van der Waals surface area contributed by atoms with E-state index in [-0.39, 0.29) is 30.4 Å². The summed E-state index contributed by atoms with van der Waals surface area (Å²) in [5.74, 6) is -1.10. The molecule has 2 saturated heterocycles. The molecule has 3 aliphatic heterocycles. The summed E-state index contributed by atoms with van der Waals surface area (Å²) in [4.78, 5) is 43.6. The zero-order valence-electron chi connectivity index (χ0n) is 24.6. The Hall–Kier alpha value is -3.66. The fourth-order valence-corrected chi connectivity index (χ4v) is 7.02. The lowest BCUT2D eigenvalue weighted by Crippen LogP contribution is -2.61. The van der Waals surface area contributed by atoms with E-state index in [1.807, 2.05) is 36.9 Å². The zero-order valence-corrected chi connectivity index (χ0v) is 24.6. The number of likely N-dealkylation sites (N-methyl/N-ethyl adjacent to an activating group) is 1. The van der Waals surface area contributed by atoms with E-state index in [0.717, 1.165) is 50.0 Å². The second kappa shape index (κ2) is 11.2. The second-order valence-corrected chi connectivity index (χ2v) is 12.5. The molecule has 3 N–H and O–H groups in total. The summed E-state index contributed by atoms with van der Waals surface area (Å²) >= 11 is 0. The van der Waals surface area contributed by atoms with Gasteiger partial charge in [0.2, 0.25) is 11.8 Å². The van der Waals surface area contributed by atoms with Crippen LogP contribution in [-0.4, -0.2) is 71.9 Å². The molecule has 3 fully saturated rings. The molecule has 2 aromatic carbocycles. The molecule has 0 bridgehead atoms. The van der Waals surface area contributed by atoms with Crippen LogP contribution >= 0.6 is 0 Å². The number of imide groups is 1. The first-order chi connectivity index (χ1) is 20.1. The lowest BCUT2D eigenvalue weighted by Gasteiger charge is -2.49. The first-order valence-corrected chi connectivity index (χ1v) is 15.1. The van der Waals surface area contributed by atoms with Crippen molar-refractivity contribution >= 4 is 29.1 Å². The highest BCUT2D eigenvalue weighted by molar-refractivity contribution is 6.01. The Balaban J connectivity index is 1.00. The molecule has 4 aliphatic rings. The summed E-state index contributed by atoms with van der Waals surface area (Å²) in [7, 11) is 2.18. The number of benzene rings is 2. The van der Waals surface area contributed by atoms with Crippen LogP contribution in [0.25, 0.3) is 0 Å². The van der Waals surface area contributed by atoms with Crippen LogP contribution in [-0.2, 0) is 16.1 Å². The fourth-order valence-electron chi connectivity index (χ4n) is 7.02. The van der Waals surface area contributed by atoms with Crippen molar-refractivity contribution in [3.63, 3.8) is 0 Å². The molecule has 1 saturated carbocycles. The number of nitrogens with two attached hydrogens (primary N) is 1. The maximum atomic E-state index is 15.0. The van der Waals surface area contributed by atoms with Crippen molar-refractivity contribution in [2.24, 2.45) is 0 Å². The Morgan fingerprint density at radius 3 is 2.43 bits per heavy atom. The molecule has 42 heavy (non-hydrogen) atoms. The van der Waals surface area contributed by atoms with Crippen LogP contribution in [0.4, 0.5) is 15.8 Å². The van der Waals surface area contributed by atoms with Gasteiger partial charge in [0.05, 0.1) is 17.7 Å². The summed E-state index contributed by atoms with van der Waals surface area (Å²) in [5.41, 5.74) is 9.62. The zero-order chi connectivity index (χ0) is 29.7. The van der Waals surface area contributed by atoms with Gasteiger partial charge in [-0.05, 0) is 82.8 Å². The molecular weight excluding hydrogens is 537 g/mol. The van der Waals surface area contributed by atoms with Crippen LogP contribution < -0.4 is 20.7 Å². The molecule has 1 atom stereocenters. The Bertz CT molecular complexity index is 1400. The molecule has 10 heteroatoms.